The van der Waals surface area contributed by atoms with Gasteiger partial charge in [0.15, 0.2) is 0 Å². The number of allylic oxidation sites excluding steroid dienone is 4. The third-order valence-corrected chi connectivity index (χ3v) is 3.85. The Morgan fingerprint density at radius 1 is 1.04 bits per heavy atom. The van der Waals surface area contributed by atoms with Crippen LogP contribution in [0.3, 0.4) is 0 Å². The van der Waals surface area contributed by atoms with Crippen molar-refractivity contribution in [2.75, 3.05) is 0 Å². The van der Waals surface area contributed by atoms with E-state index >= 15 is 0 Å². The van der Waals surface area contributed by atoms with Gasteiger partial charge in [-0.05, 0) is 43.7 Å². The van der Waals surface area contributed by atoms with Gasteiger partial charge < -0.3 is 5.43 Å². The van der Waals surface area contributed by atoms with Crippen LogP contribution >= 0.6 is 0 Å². The molecule has 0 fully saturated rings. The van der Waals surface area contributed by atoms with E-state index in [0.717, 1.165) is 18.6 Å². The molecule has 2 nitrogen and oxygen atoms in total. The minimum atomic E-state index is -0.0325. The van der Waals surface area contributed by atoms with Crippen LogP contribution in [0.4, 0.5) is 0 Å². The van der Waals surface area contributed by atoms with Gasteiger partial charge in [-0.2, -0.15) is 5.10 Å². The second-order valence-electron chi connectivity index (χ2n) is 8.34. The molecule has 2 heteroatoms. The smallest absolute Gasteiger partial charge is 0.0716 e. The lowest BCUT2D eigenvalue weighted by molar-refractivity contribution is 0.440. The van der Waals surface area contributed by atoms with E-state index in [0.29, 0.717) is 0 Å². The quantitative estimate of drug-likeness (QED) is 0.578. The first kappa shape index (κ1) is 17.5. The minimum absolute atomic E-state index is 0.0325. The molecule has 1 N–H and O–H groups in total. The summed E-state index contributed by atoms with van der Waals surface area (Å²) >= 11 is 0. The lowest BCUT2D eigenvalue weighted by atomic mass is 9.83. The average Bonchev–Trinajstić information content (AvgIpc) is 2.91. The molecule has 1 aliphatic rings. The van der Waals surface area contributed by atoms with Gasteiger partial charge in [-0.25, -0.2) is 0 Å². The highest BCUT2D eigenvalue weighted by Gasteiger charge is 2.23. The van der Waals surface area contributed by atoms with Crippen molar-refractivity contribution in [2.24, 2.45) is 10.5 Å². The largest absolute Gasteiger partial charge is 0.305 e. The Morgan fingerprint density at radius 2 is 1.70 bits per heavy atom. The summed E-state index contributed by atoms with van der Waals surface area (Å²) in [6.07, 6.45) is 6.49. The lowest BCUT2D eigenvalue weighted by Crippen LogP contribution is -2.32. The van der Waals surface area contributed by atoms with Gasteiger partial charge in [-0.15, -0.1) is 0 Å². The van der Waals surface area contributed by atoms with Gasteiger partial charge in [0.2, 0.25) is 0 Å². The molecule has 0 saturated heterocycles. The highest BCUT2D eigenvalue weighted by molar-refractivity contribution is 6.02. The van der Waals surface area contributed by atoms with E-state index in [-0.39, 0.29) is 11.0 Å². The number of nitrogens with zero attached hydrogens (tertiary/aromatic N) is 1. The van der Waals surface area contributed by atoms with Gasteiger partial charge >= 0.3 is 0 Å². The predicted octanol–water partition coefficient (Wildman–Crippen LogP) is 5.47. The highest BCUT2D eigenvalue weighted by atomic mass is 15.3. The summed E-state index contributed by atoms with van der Waals surface area (Å²) in [6.45, 7) is 13.3. The third-order valence-electron chi connectivity index (χ3n) is 3.85. The molecule has 0 aliphatic heterocycles. The maximum absolute atomic E-state index is 4.75. The van der Waals surface area contributed by atoms with E-state index in [4.69, 9.17) is 5.10 Å². The lowest BCUT2D eigenvalue weighted by Gasteiger charge is -2.23. The van der Waals surface area contributed by atoms with Crippen LogP contribution in [0.1, 0.15) is 59.9 Å². The fraction of sp³-hybridized carbons (Fsp3) is 0.476. The number of rotatable bonds is 4. The Hall–Kier alpha value is -1.83. The van der Waals surface area contributed by atoms with Crippen LogP contribution in [-0.4, -0.2) is 11.3 Å². The van der Waals surface area contributed by atoms with Crippen molar-refractivity contribution in [3.63, 3.8) is 0 Å². The molecule has 0 unspecified atom stereocenters. The zero-order valence-corrected chi connectivity index (χ0v) is 15.4. The van der Waals surface area contributed by atoms with Crippen LogP contribution in [0.5, 0.6) is 0 Å². The van der Waals surface area contributed by atoms with Crippen molar-refractivity contribution in [3.8, 4) is 0 Å². The second kappa shape index (κ2) is 6.74. The van der Waals surface area contributed by atoms with Crippen molar-refractivity contribution < 1.29 is 0 Å². The average molecular weight is 310 g/mol. The van der Waals surface area contributed by atoms with E-state index in [1.807, 2.05) is 0 Å². The number of benzene rings is 1. The van der Waals surface area contributed by atoms with Crippen molar-refractivity contribution in [3.05, 3.63) is 59.2 Å². The molecule has 1 aromatic rings. The first-order valence-electron chi connectivity index (χ1n) is 8.45. The molecule has 0 spiro atoms. The second-order valence-corrected chi connectivity index (χ2v) is 8.34. The Balaban J connectivity index is 2.33. The Kier molecular flexibility index (Phi) is 5.13. The third kappa shape index (κ3) is 5.09. The van der Waals surface area contributed by atoms with Crippen LogP contribution < -0.4 is 5.43 Å². The Labute approximate surface area is 141 Å². The fourth-order valence-electron chi connectivity index (χ4n) is 2.77. The van der Waals surface area contributed by atoms with Crippen molar-refractivity contribution in [1.82, 2.24) is 5.43 Å². The molecule has 0 radical (unpaired) electrons. The molecule has 0 heterocycles. The van der Waals surface area contributed by atoms with Gasteiger partial charge in [-0.1, -0.05) is 68.8 Å². The van der Waals surface area contributed by atoms with E-state index in [1.54, 1.807) is 0 Å². The molecule has 0 aromatic heterocycles. The molecule has 0 bridgehead atoms. The first-order valence-corrected chi connectivity index (χ1v) is 8.45. The molecule has 0 amide bonds. The topological polar surface area (TPSA) is 24.4 Å². The number of hydrogen-bond acceptors (Lipinski definition) is 2. The van der Waals surface area contributed by atoms with E-state index in [1.165, 1.54) is 16.7 Å². The monoisotopic (exact) mass is 310 g/mol. The fourth-order valence-corrected chi connectivity index (χ4v) is 2.77. The number of hydrogen-bond donors (Lipinski definition) is 1. The SMILES string of the molecule is CC(C)(C)NN=C(CC1=C(C(C)(C)C)C=CC1)c1ccccc1. The molecule has 0 atom stereocenters. The zero-order valence-electron chi connectivity index (χ0n) is 15.4. The highest BCUT2D eigenvalue weighted by Crippen LogP contribution is 2.36. The number of nitrogens with one attached hydrogen (secondary N) is 1. The van der Waals surface area contributed by atoms with Gasteiger partial charge in [0, 0.05) is 12.0 Å². The van der Waals surface area contributed by atoms with Gasteiger partial charge in [0.05, 0.1) is 5.71 Å². The summed E-state index contributed by atoms with van der Waals surface area (Å²) in [5, 5.41) is 4.75. The Bertz CT molecular complexity index is 620. The van der Waals surface area contributed by atoms with Gasteiger partial charge in [0.25, 0.3) is 0 Å². The maximum Gasteiger partial charge on any atom is 0.0716 e. The molecule has 124 valence electrons. The minimum Gasteiger partial charge on any atom is -0.305 e. The Morgan fingerprint density at radius 3 is 2.26 bits per heavy atom. The van der Waals surface area contributed by atoms with Crippen molar-refractivity contribution in [1.29, 1.82) is 0 Å². The molecule has 0 saturated carbocycles. The van der Waals surface area contributed by atoms with Crippen LogP contribution in [0.2, 0.25) is 0 Å². The summed E-state index contributed by atoms with van der Waals surface area (Å²) in [5.74, 6) is 0. The number of hydrazone groups is 1. The molecule has 1 aromatic carbocycles. The molecule has 1 aliphatic carbocycles. The van der Waals surface area contributed by atoms with Gasteiger partial charge in [0.1, 0.15) is 0 Å². The van der Waals surface area contributed by atoms with E-state index < -0.39 is 0 Å². The van der Waals surface area contributed by atoms with Crippen molar-refractivity contribution in [2.45, 2.75) is 59.9 Å². The summed E-state index contributed by atoms with van der Waals surface area (Å²) in [7, 11) is 0. The molecule has 2 rings (SSSR count). The maximum atomic E-state index is 4.75. The zero-order chi connectivity index (χ0) is 17.1. The normalized spacial score (nSPS) is 16.2. The van der Waals surface area contributed by atoms with Crippen LogP contribution in [-0.2, 0) is 0 Å². The van der Waals surface area contributed by atoms with E-state index in [2.05, 4.69) is 89.5 Å². The molecule has 23 heavy (non-hydrogen) atoms. The summed E-state index contributed by atoms with van der Waals surface area (Å²) in [5.41, 5.74) is 8.68. The van der Waals surface area contributed by atoms with Gasteiger partial charge in [-0.3, -0.25) is 0 Å². The van der Waals surface area contributed by atoms with Crippen LogP contribution in [0.25, 0.3) is 0 Å². The predicted molar refractivity (Wildman–Crippen MR) is 101 cm³/mol. The van der Waals surface area contributed by atoms with E-state index in [9.17, 15) is 0 Å². The summed E-state index contributed by atoms with van der Waals surface area (Å²) < 4.78 is 0. The molecular weight excluding hydrogens is 280 g/mol. The van der Waals surface area contributed by atoms with Crippen molar-refractivity contribution >= 4 is 5.71 Å². The first-order chi connectivity index (χ1) is 10.7. The summed E-state index contributed by atoms with van der Waals surface area (Å²) in [6, 6.07) is 10.5. The van der Waals surface area contributed by atoms with Crippen LogP contribution in [0.15, 0.2) is 58.7 Å². The molecular formula is C21H30N2. The van der Waals surface area contributed by atoms with Crippen LogP contribution in [0, 0.1) is 5.41 Å². The summed E-state index contributed by atoms with van der Waals surface area (Å²) in [4.78, 5) is 0. The standard InChI is InChI=1S/C21H30N2/c1-20(2,3)18-14-10-13-17(18)15-19(22-23-21(4,5)6)16-11-8-7-9-12-16/h7-12,14,23H,13,15H2,1-6H3.